The van der Waals surface area contributed by atoms with Crippen molar-refractivity contribution in [1.82, 2.24) is 9.80 Å². The molecule has 0 radical (unpaired) electrons. The summed E-state index contributed by atoms with van der Waals surface area (Å²) in [7, 11) is 6.40. The lowest BCUT2D eigenvalue weighted by molar-refractivity contribution is -0.138. The minimum absolute atomic E-state index is 0.0515. The number of carbonyl (C=O) groups is 2. The molecule has 2 heterocycles. The molecule has 37 heavy (non-hydrogen) atoms. The molecule has 9 heteroatoms. The number of hydrogen-bond acceptors (Lipinski definition) is 7. The van der Waals surface area contributed by atoms with E-state index >= 15 is 0 Å². The number of amides is 2. The van der Waals surface area contributed by atoms with Crippen molar-refractivity contribution in [3.63, 3.8) is 0 Å². The van der Waals surface area contributed by atoms with Gasteiger partial charge in [0.25, 0.3) is 0 Å². The number of likely N-dealkylation sites (tertiary alicyclic amines) is 1. The third-order valence-electron chi connectivity index (χ3n) is 7.21. The van der Waals surface area contributed by atoms with E-state index in [0.717, 1.165) is 37.1 Å². The summed E-state index contributed by atoms with van der Waals surface area (Å²) in [5.74, 6) is 2.66. The largest absolute Gasteiger partial charge is 0.493 e. The molecule has 4 rings (SSSR count). The number of anilines is 1. The molecule has 1 atom stereocenters. The van der Waals surface area contributed by atoms with Gasteiger partial charge in [0.15, 0.2) is 23.0 Å². The zero-order valence-corrected chi connectivity index (χ0v) is 22.2. The first-order valence-corrected chi connectivity index (χ1v) is 12.7. The number of fused-ring (bicyclic) bond motifs is 1. The fraction of sp³-hybridized carbons (Fsp3) is 0.500. The molecule has 0 aliphatic carbocycles. The number of benzene rings is 2. The predicted molar refractivity (Wildman–Crippen MR) is 141 cm³/mol. The van der Waals surface area contributed by atoms with Gasteiger partial charge in [-0.1, -0.05) is 0 Å². The summed E-state index contributed by atoms with van der Waals surface area (Å²) in [6.07, 6.45) is 2.98. The number of methoxy groups -OCH3 is 4. The first-order chi connectivity index (χ1) is 17.9. The van der Waals surface area contributed by atoms with Crippen LogP contribution in [0, 0.1) is 5.92 Å². The summed E-state index contributed by atoms with van der Waals surface area (Å²) in [6, 6.07) is 9.30. The van der Waals surface area contributed by atoms with E-state index in [-0.39, 0.29) is 17.7 Å². The van der Waals surface area contributed by atoms with Gasteiger partial charge in [0.1, 0.15) is 0 Å². The van der Waals surface area contributed by atoms with E-state index in [1.165, 1.54) is 5.56 Å². The average molecular weight is 512 g/mol. The Hall–Kier alpha value is -3.46. The van der Waals surface area contributed by atoms with Crippen LogP contribution in [-0.2, 0) is 22.6 Å². The van der Waals surface area contributed by atoms with Crippen LogP contribution >= 0.6 is 0 Å². The van der Waals surface area contributed by atoms with Crippen molar-refractivity contribution in [2.75, 3.05) is 59.9 Å². The van der Waals surface area contributed by atoms with Crippen LogP contribution in [0.2, 0.25) is 0 Å². The standard InChI is InChI=1S/C28H37N3O6/c1-34-23-8-7-22(16-26(23)37-4)29-27(32)10-12-30-11-5-6-20(17-30)28(33)31-13-9-19-14-24(35-2)25(36-3)15-21(19)18-31/h7-8,14-16,20H,5-6,9-13,17-18H2,1-4H3,(H,29,32). The number of nitrogens with zero attached hydrogens (tertiary/aromatic N) is 2. The highest BCUT2D eigenvalue weighted by molar-refractivity contribution is 5.91. The normalized spacial score (nSPS) is 17.5. The van der Waals surface area contributed by atoms with Gasteiger partial charge in [0.2, 0.25) is 11.8 Å². The molecule has 0 aromatic heterocycles. The topological polar surface area (TPSA) is 89.6 Å². The van der Waals surface area contributed by atoms with E-state index in [9.17, 15) is 9.59 Å². The van der Waals surface area contributed by atoms with Crippen molar-refractivity contribution in [2.45, 2.75) is 32.2 Å². The highest BCUT2D eigenvalue weighted by Gasteiger charge is 2.31. The Balaban J connectivity index is 1.30. The minimum Gasteiger partial charge on any atom is -0.493 e. The lowest BCUT2D eigenvalue weighted by Gasteiger charge is -2.36. The molecule has 200 valence electrons. The van der Waals surface area contributed by atoms with E-state index in [1.54, 1.807) is 46.6 Å². The molecule has 1 fully saturated rings. The zero-order valence-electron chi connectivity index (χ0n) is 22.2. The Labute approximate surface area is 218 Å². The smallest absolute Gasteiger partial charge is 0.227 e. The van der Waals surface area contributed by atoms with Crippen LogP contribution in [0.15, 0.2) is 30.3 Å². The van der Waals surface area contributed by atoms with Crippen molar-refractivity contribution < 1.29 is 28.5 Å². The van der Waals surface area contributed by atoms with Gasteiger partial charge in [-0.3, -0.25) is 9.59 Å². The van der Waals surface area contributed by atoms with Crippen LogP contribution in [0.5, 0.6) is 23.0 Å². The number of piperidine rings is 1. The maximum absolute atomic E-state index is 13.4. The molecule has 1 unspecified atom stereocenters. The average Bonchev–Trinajstić information content (AvgIpc) is 2.94. The number of hydrogen-bond donors (Lipinski definition) is 1. The molecule has 2 aliphatic rings. The highest BCUT2D eigenvalue weighted by Crippen LogP contribution is 2.34. The predicted octanol–water partition coefficient (Wildman–Crippen LogP) is 3.35. The number of rotatable bonds is 9. The van der Waals surface area contributed by atoms with Gasteiger partial charge < -0.3 is 34.1 Å². The number of ether oxygens (including phenoxy) is 4. The molecule has 1 saturated heterocycles. The van der Waals surface area contributed by atoms with Gasteiger partial charge in [0, 0.05) is 44.4 Å². The third kappa shape index (κ3) is 6.28. The second kappa shape index (κ2) is 12.2. The molecule has 2 amide bonds. The SMILES string of the molecule is COc1ccc(NC(=O)CCN2CCCC(C(=O)N3CCc4cc(OC)c(OC)cc4C3)C2)cc1OC. The van der Waals surface area contributed by atoms with Crippen LogP contribution in [-0.4, -0.2) is 76.2 Å². The molecule has 9 nitrogen and oxygen atoms in total. The maximum atomic E-state index is 13.4. The van der Waals surface area contributed by atoms with Crippen molar-refractivity contribution in [1.29, 1.82) is 0 Å². The summed E-state index contributed by atoms with van der Waals surface area (Å²) in [5, 5.41) is 2.92. The number of carbonyl (C=O) groups excluding carboxylic acids is 2. The van der Waals surface area contributed by atoms with Gasteiger partial charge in [-0.05, 0) is 61.2 Å². The summed E-state index contributed by atoms with van der Waals surface area (Å²) >= 11 is 0. The minimum atomic E-state index is -0.0716. The Bertz CT molecular complexity index is 1120. The summed E-state index contributed by atoms with van der Waals surface area (Å²) in [6.45, 7) is 3.47. The fourth-order valence-corrected chi connectivity index (χ4v) is 5.19. The molecular weight excluding hydrogens is 474 g/mol. The van der Waals surface area contributed by atoms with Crippen LogP contribution in [0.25, 0.3) is 0 Å². The van der Waals surface area contributed by atoms with Gasteiger partial charge in [0.05, 0.1) is 34.4 Å². The van der Waals surface area contributed by atoms with Crippen LogP contribution in [0.1, 0.15) is 30.4 Å². The first kappa shape index (κ1) is 26.6. The Morgan fingerprint density at radius 2 is 1.57 bits per heavy atom. The van der Waals surface area contributed by atoms with E-state index in [2.05, 4.69) is 10.2 Å². The first-order valence-electron chi connectivity index (χ1n) is 12.7. The van der Waals surface area contributed by atoms with Crippen molar-refractivity contribution in [3.05, 3.63) is 41.5 Å². The number of nitrogens with one attached hydrogen (secondary N) is 1. The monoisotopic (exact) mass is 511 g/mol. The fourth-order valence-electron chi connectivity index (χ4n) is 5.19. The molecule has 2 aromatic carbocycles. The van der Waals surface area contributed by atoms with Crippen molar-refractivity contribution in [3.8, 4) is 23.0 Å². The van der Waals surface area contributed by atoms with Crippen molar-refractivity contribution in [2.24, 2.45) is 5.92 Å². The van der Waals surface area contributed by atoms with Crippen LogP contribution in [0.3, 0.4) is 0 Å². The summed E-state index contributed by atoms with van der Waals surface area (Å²) in [5.41, 5.74) is 2.97. The van der Waals surface area contributed by atoms with Gasteiger partial charge in [-0.2, -0.15) is 0 Å². The highest BCUT2D eigenvalue weighted by atomic mass is 16.5. The summed E-state index contributed by atoms with van der Waals surface area (Å²) < 4.78 is 21.4. The van der Waals surface area contributed by atoms with E-state index in [4.69, 9.17) is 18.9 Å². The molecule has 0 spiro atoms. The van der Waals surface area contributed by atoms with Gasteiger partial charge in [-0.15, -0.1) is 0 Å². The van der Waals surface area contributed by atoms with Crippen LogP contribution in [0.4, 0.5) is 5.69 Å². The maximum Gasteiger partial charge on any atom is 0.227 e. The molecule has 1 N–H and O–H groups in total. The quantitative estimate of drug-likeness (QED) is 0.552. The molecular formula is C28H37N3O6. The van der Waals surface area contributed by atoms with E-state index in [0.29, 0.717) is 55.5 Å². The van der Waals surface area contributed by atoms with Crippen molar-refractivity contribution >= 4 is 17.5 Å². The summed E-state index contributed by atoms with van der Waals surface area (Å²) in [4.78, 5) is 30.2. The van der Waals surface area contributed by atoms with Crippen LogP contribution < -0.4 is 24.3 Å². The van der Waals surface area contributed by atoms with Gasteiger partial charge >= 0.3 is 0 Å². The van der Waals surface area contributed by atoms with Gasteiger partial charge in [-0.25, -0.2) is 0 Å². The van der Waals surface area contributed by atoms with E-state index in [1.807, 2.05) is 17.0 Å². The zero-order chi connectivity index (χ0) is 26.4. The second-order valence-electron chi connectivity index (χ2n) is 9.49. The Morgan fingerprint density at radius 3 is 2.27 bits per heavy atom. The second-order valence-corrected chi connectivity index (χ2v) is 9.49. The third-order valence-corrected chi connectivity index (χ3v) is 7.21. The van der Waals surface area contributed by atoms with E-state index < -0.39 is 0 Å². The molecule has 0 saturated carbocycles. The lowest BCUT2D eigenvalue weighted by Crippen LogP contribution is -2.46. The Morgan fingerprint density at radius 1 is 0.892 bits per heavy atom. The molecule has 2 aliphatic heterocycles. The Kier molecular flexibility index (Phi) is 8.76. The molecule has 0 bridgehead atoms. The molecule has 2 aromatic rings. The lowest BCUT2D eigenvalue weighted by atomic mass is 9.93.